The summed E-state index contributed by atoms with van der Waals surface area (Å²) >= 11 is 0. The number of carbonyl (C=O) groups excluding carboxylic acids is 1. The maximum atomic E-state index is 13.6. The van der Waals surface area contributed by atoms with Crippen LogP contribution in [0.15, 0.2) is 54.6 Å². The van der Waals surface area contributed by atoms with Crippen LogP contribution in [0.3, 0.4) is 0 Å². The number of benzene rings is 2. The molecule has 0 spiro atoms. The lowest BCUT2D eigenvalue weighted by molar-refractivity contribution is 0.0713. The van der Waals surface area contributed by atoms with Gasteiger partial charge in [-0.25, -0.2) is 31.9 Å². The van der Waals surface area contributed by atoms with Crippen LogP contribution in [0.25, 0.3) is 17.0 Å². The Kier molecular flexibility index (Phi) is 7.18. The number of nitrogens with zero attached hydrogens (tertiary/aromatic N) is 3. The van der Waals surface area contributed by atoms with Gasteiger partial charge >= 0.3 is 5.97 Å². The van der Waals surface area contributed by atoms with Gasteiger partial charge in [0.05, 0.1) is 36.4 Å². The van der Waals surface area contributed by atoms with Crippen molar-refractivity contribution in [2.75, 3.05) is 24.2 Å². The molecule has 0 fully saturated rings. The molecule has 4 rings (SSSR count). The number of hydrogen-bond acceptors (Lipinski definition) is 7. The fourth-order valence-corrected chi connectivity index (χ4v) is 4.16. The van der Waals surface area contributed by atoms with Gasteiger partial charge in [-0.1, -0.05) is 32.0 Å². The van der Waals surface area contributed by atoms with Crippen LogP contribution in [0.1, 0.15) is 46.9 Å². The van der Waals surface area contributed by atoms with E-state index in [9.17, 15) is 17.6 Å². The number of esters is 1. The summed E-state index contributed by atoms with van der Waals surface area (Å²) in [6.07, 6.45) is 2.75. The minimum absolute atomic E-state index is 0.0147. The molecule has 0 saturated carbocycles. The molecule has 2 aromatic carbocycles. The zero-order chi connectivity index (χ0) is 26.0. The predicted molar refractivity (Wildman–Crippen MR) is 134 cm³/mol. The van der Waals surface area contributed by atoms with E-state index < -0.39 is 21.8 Å². The van der Waals surface area contributed by atoms with Crippen molar-refractivity contribution in [2.45, 2.75) is 26.4 Å². The monoisotopic (exact) mass is 511 g/mol. The molecule has 0 atom stereocenters. The highest BCUT2D eigenvalue weighted by Crippen LogP contribution is 2.32. The molecule has 0 aliphatic carbocycles. The minimum Gasteiger partial charge on any atom is -0.423 e. The zero-order valence-corrected chi connectivity index (χ0v) is 21.2. The molecule has 1 aromatic heterocycles. The highest BCUT2D eigenvalue weighted by Gasteiger charge is 2.26. The lowest BCUT2D eigenvalue weighted by Gasteiger charge is -2.21. The van der Waals surface area contributed by atoms with Gasteiger partial charge in [0.25, 0.3) is 0 Å². The molecule has 188 valence electrons. The quantitative estimate of drug-likeness (QED) is 0.324. The fourth-order valence-electron chi connectivity index (χ4n) is 3.78. The fraction of sp³-hybridized carbons (Fsp3) is 0.269. The number of fused-ring (bicyclic) bond motifs is 1. The predicted octanol–water partition coefficient (Wildman–Crippen LogP) is 4.53. The second-order valence-electron chi connectivity index (χ2n) is 8.65. The summed E-state index contributed by atoms with van der Waals surface area (Å²) in [6, 6.07) is 12.9. The molecule has 0 amide bonds. The van der Waals surface area contributed by atoms with Gasteiger partial charge in [0.1, 0.15) is 11.6 Å². The van der Waals surface area contributed by atoms with Crippen LogP contribution >= 0.6 is 0 Å². The first-order valence-corrected chi connectivity index (χ1v) is 13.1. The third kappa shape index (κ3) is 5.29. The summed E-state index contributed by atoms with van der Waals surface area (Å²) in [5, 5.41) is 0. The van der Waals surface area contributed by atoms with Gasteiger partial charge in [-0.05, 0) is 42.3 Å². The SMILES string of the molecule is CC(C)c1nc(N(C)S(C)(=O)=O)nc(-c2ccc(F)cc2)c1COC/C=C1\OC(=O)c2ccccc21. The largest absolute Gasteiger partial charge is 0.423 e. The number of halogens is 1. The van der Waals surface area contributed by atoms with E-state index in [1.807, 2.05) is 19.9 Å². The first-order chi connectivity index (χ1) is 17.1. The maximum Gasteiger partial charge on any atom is 0.344 e. The van der Waals surface area contributed by atoms with Gasteiger partial charge in [-0.15, -0.1) is 0 Å². The summed E-state index contributed by atoms with van der Waals surface area (Å²) in [5.41, 5.74) is 3.52. The minimum atomic E-state index is -3.61. The van der Waals surface area contributed by atoms with Crippen molar-refractivity contribution in [2.24, 2.45) is 0 Å². The number of anilines is 1. The smallest absolute Gasteiger partial charge is 0.344 e. The summed E-state index contributed by atoms with van der Waals surface area (Å²) in [4.78, 5) is 21.1. The first kappa shape index (κ1) is 25.5. The molecule has 2 heterocycles. The zero-order valence-electron chi connectivity index (χ0n) is 20.4. The summed E-state index contributed by atoms with van der Waals surface area (Å²) in [5.74, 6) is -0.447. The number of aromatic nitrogens is 2. The van der Waals surface area contributed by atoms with Crippen molar-refractivity contribution in [1.29, 1.82) is 0 Å². The van der Waals surface area contributed by atoms with Crippen molar-refractivity contribution >= 4 is 27.7 Å². The van der Waals surface area contributed by atoms with E-state index in [1.165, 1.54) is 19.2 Å². The van der Waals surface area contributed by atoms with Crippen LogP contribution in [0.5, 0.6) is 0 Å². The number of carbonyl (C=O) groups is 1. The van der Waals surface area contributed by atoms with Crippen molar-refractivity contribution in [3.05, 3.63) is 82.8 Å². The molecule has 1 aliphatic rings. The van der Waals surface area contributed by atoms with Crippen molar-refractivity contribution in [3.8, 4) is 11.3 Å². The molecule has 3 aromatic rings. The van der Waals surface area contributed by atoms with Crippen LogP contribution in [-0.4, -0.2) is 44.3 Å². The second kappa shape index (κ2) is 10.2. The van der Waals surface area contributed by atoms with Gasteiger partial charge in [0.2, 0.25) is 16.0 Å². The van der Waals surface area contributed by atoms with Crippen LogP contribution in [-0.2, 0) is 26.1 Å². The standard InChI is InChI=1S/C26H26FN3O5S/c1-16(2)23-21(15-34-14-13-22-19-7-5-6-8-20(19)25(31)35-22)24(17-9-11-18(27)12-10-17)29-26(28-23)30(3)36(4,32)33/h5-13,16H,14-15H2,1-4H3/b22-13-. The van der Waals surface area contributed by atoms with E-state index >= 15 is 0 Å². The molecular weight excluding hydrogens is 485 g/mol. The van der Waals surface area contributed by atoms with E-state index in [1.54, 1.807) is 36.4 Å². The Hall–Kier alpha value is -3.63. The first-order valence-electron chi connectivity index (χ1n) is 11.3. The number of hydrogen-bond donors (Lipinski definition) is 0. The van der Waals surface area contributed by atoms with Crippen LogP contribution in [0.4, 0.5) is 10.3 Å². The number of rotatable bonds is 8. The van der Waals surface area contributed by atoms with Crippen LogP contribution in [0.2, 0.25) is 0 Å². The molecule has 36 heavy (non-hydrogen) atoms. The topological polar surface area (TPSA) is 98.7 Å². The molecule has 0 unspecified atom stereocenters. The van der Waals surface area contributed by atoms with Crippen molar-refractivity contribution < 1.29 is 27.1 Å². The van der Waals surface area contributed by atoms with Gasteiger partial charge in [-0.2, -0.15) is 0 Å². The number of sulfonamides is 1. The highest BCUT2D eigenvalue weighted by molar-refractivity contribution is 7.92. The lowest BCUT2D eigenvalue weighted by atomic mass is 9.99. The molecule has 10 heteroatoms. The maximum absolute atomic E-state index is 13.6. The average molecular weight is 512 g/mol. The summed E-state index contributed by atoms with van der Waals surface area (Å²) < 4.78 is 50.2. The van der Waals surface area contributed by atoms with E-state index in [4.69, 9.17) is 9.47 Å². The number of ether oxygens (including phenoxy) is 2. The Bertz CT molecular complexity index is 1440. The normalized spacial score (nSPS) is 14.3. The third-order valence-electron chi connectivity index (χ3n) is 5.72. The average Bonchev–Trinajstić information content (AvgIpc) is 3.16. The Balaban J connectivity index is 1.68. The van der Waals surface area contributed by atoms with E-state index in [0.717, 1.165) is 10.6 Å². The van der Waals surface area contributed by atoms with Crippen molar-refractivity contribution in [3.63, 3.8) is 0 Å². The van der Waals surface area contributed by atoms with Gasteiger partial charge < -0.3 is 9.47 Å². The summed E-state index contributed by atoms with van der Waals surface area (Å²) in [7, 11) is -2.23. The molecule has 1 aliphatic heterocycles. The Morgan fingerprint density at radius 1 is 1.08 bits per heavy atom. The van der Waals surface area contributed by atoms with Crippen molar-refractivity contribution in [1.82, 2.24) is 9.97 Å². The molecular formula is C26H26FN3O5S. The lowest BCUT2D eigenvalue weighted by Crippen LogP contribution is -2.28. The molecule has 8 nitrogen and oxygen atoms in total. The van der Waals surface area contributed by atoms with Crippen LogP contribution < -0.4 is 4.31 Å². The molecule has 0 saturated heterocycles. The van der Waals surface area contributed by atoms with E-state index in [2.05, 4.69) is 9.97 Å². The molecule has 0 radical (unpaired) electrons. The second-order valence-corrected chi connectivity index (χ2v) is 10.7. The Labute approximate surface area is 209 Å². The highest BCUT2D eigenvalue weighted by atomic mass is 32.2. The Morgan fingerprint density at radius 2 is 1.75 bits per heavy atom. The number of cyclic esters (lactones) is 1. The molecule has 0 bridgehead atoms. The summed E-state index contributed by atoms with van der Waals surface area (Å²) in [6.45, 7) is 4.10. The Morgan fingerprint density at radius 3 is 2.39 bits per heavy atom. The van der Waals surface area contributed by atoms with E-state index in [-0.39, 0.29) is 25.1 Å². The van der Waals surface area contributed by atoms with Gasteiger partial charge in [0, 0.05) is 23.7 Å². The van der Waals surface area contributed by atoms with Gasteiger partial charge in [0.15, 0.2) is 0 Å². The molecule has 0 N–H and O–H groups in total. The van der Waals surface area contributed by atoms with Gasteiger partial charge in [-0.3, -0.25) is 0 Å². The van der Waals surface area contributed by atoms with Crippen LogP contribution in [0, 0.1) is 5.82 Å². The third-order valence-corrected chi connectivity index (χ3v) is 6.88. The van der Waals surface area contributed by atoms with E-state index in [0.29, 0.717) is 39.4 Å².